The van der Waals surface area contributed by atoms with Crippen LogP contribution in [0.5, 0.6) is 5.75 Å². The summed E-state index contributed by atoms with van der Waals surface area (Å²) in [5.41, 5.74) is 0.899. The fourth-order valence-electron chi connectivity index (χ4n) is 1.82. The van der Waals surface area contributed by atoms with E-state index in [1.165, 1.54) is 0 Å². The first-order chi connectivity index (χ1) is 7.87. The van der Waals surface area contributed by atoms with E-state index in [0.29, 0.717) is 5.75 Å². The molecule has 2 atom stereocenters. The molecule has 17 heavy (non-hydrogen) atoms. The highest BCUT2D eigenvalue weighted by Gasteiger charge is 2.38. The third-order valence-corrected chi connectivity index (χ3v) is 4.87. The molecule has 2 unspecified atom stereocenters. The summed E-state index contributed by atoms with van der Waals surface area (Å²) >= 11 is 3.34. The van der Waals surface area contributed by atoms with Gasteiger partial charge in [0.15, 0.2) is 9.84 Å². The van der Waals surface area contributed by atoms with Crippen molar-refractivity contribution in [3.8, 4) is 5.75 Å². The van der Waals surface area contributed by atoms with E-state index in [-0.39, 0.29) is 11.5 Å². The van der Waals surface area contributed by atoms with E-state index in [0.717, 1.165) is 10.0 Å². The van der Waals surface area contributed by atoms with Gasteiger partial charge in [0.25, 0.3) is 0 Å². The van der Waals surface area contributed by atoms with Gasteiger partial charge in [0, 0.05) is 4.47 Å². The number of aryl methyl sites for hydroxylation is 1. The van der Waals surface area contributed by atoms with Gasteiger partial charge in [-0.2, -0.15) is 0 Å². The van der Waals surface area contributed by atoms with Crippen LogP contribution in [0.3, 0.4) is 0 Å². The van der Waals surface area contributed by atoms with Gasteiger partial charge in [0.05, 0.1) is 11.5 Å². The molecule has 1 heterocycles. The topological polar surface area (TPSA) is 63.6 Å². The highest BCUT2D eigenvalue weighted by molar-refractivity contribution is 9.10. The summed E-state index contributed by atoms with van der Waals surface area (Å²) in [5.74, 6) is 0.269. The van der Waals surface area contributed by atoms with E-state index < -0.39 is 22.0 Å². The average Bonchev–Trinajstić information content (AvgIpc) is 2.44. The Balaban J connectivity index is 2.17. The maximum atomic E-state index is 11.3. The Kier molecular flexibility index (Phi) is 3.47. The summed E-state index contributed by atoms with van der Waals surface area (Å²) in [6, 6.07) is 5.46. The van der Waals surface area contributed by atoms with Crippen molar-refractivity contribution in [2.75, 3.05) is 11.5 Å². The summed E-state index contributed by atoms with van der Waals surface area (Å²) in [5, 5.41) is 9.62. The highest BCUT2D eigenvalue weighted by atomic mass is 79.9. The number of ether oxygens (including phenoxy) is 1. The Bertz CT molecular complexity index is 526. The molecule has 1 aliphatic rings. The second-order valence-electron chi connectivity index (χ2n) is 4.21. The zero-order valence-corrected chi connectivity index (χ0v) is 11.7. The summed E-state index contributed by atoms with van der Waals surface area (Å²) in [4.78, 5) is 0. The number of aliphatic hydroxyl groups is 1. The Morgan fingerprint density at radius 1 is 1.41 bits per heavy atom. The van der Waals surface area contributed by atoms with Crippen LogP contribution in [0.1, 0.15) is 5.56 Å². The van der Waals surface area contributed by atoms with Gasteiger partial charge < -0.3 is 9.84 Å². The van der Waals surface area contributed by atoms with E-state index in [1.807, 2.05) is 19.1 Å². The van der Waals surface area contributed by atoms with Crippen molar-refractivity contribution in [3.63, 3.8) is 0 Å². The van der Waals surface area contributed by atoms with Gasteiger partial charge in [0.2, 0.25) is 0 Å². The van der Waals surface area contributed by atoms with Gasteiger partial charge in [-0.3, -0.25) is 0 Å². The molecular weight excluding hydrogens is 308 g/mol. The van der Waals surface area contributed by atoms with Crippen molar-refractivity contribution >= 4 is 25.8 Å². The van der Waals surface area contributed by atoms with Crippen LogP contribution in [0.2, 0.25) is 0 Å². The first-order valence-electron chi connectivity index (χ1n) is 5.19. The molecule has 6 heteroatoms. The quantitative estimate of drug-likeness (QED) is 0.892. The molecule has 1 aliphatic heterocycles. The predicted molar refractivity (Wildman–Crippen MR) is 68.0 cm³/mol. The maximum absolute atomic E-state index is 11.3. The largest absolute Gasteiger partial charge is 0.486 e. The summed E-state index contributed by atoms with van der Waals surface area (Å²) < 4.78 is 29.2. The van der Waals surface area contributed by atoms with Gasteiger partial charge in [0.1, 0.15) is 18.0 Å². The lowest BCUT2D eigenvalue weighted by Crippen LogP contribution is -2.29. The van der Waals surface area contributed by atoms with Crippen LogP contribution in [0.25, 0.3) is 0 Å². The van der Waals surface area contributed by atoms with Crippen molar-refractivity contribution in [2.45, 2.75) is 19.1 Å². The van der Waals surface area contributed by atoms with Crippen LogP contribution in [0.4, 0.5) is 0 Å². The second kappa shape index (κ2) is 4.59. The summed E-state index contributed by atoms with van der Waals surface area (Å²) in [7, 11) is -3.17. The second-order valence-corrected chi connectivity index (χ2v) is 7.28. The first kappa shape index (κ1) is 12.9. The van der Waals surface area contributed by atoms with Crippen LogP contribution in [0, 0.1) is 6.92 Å². The number of hydrogen-bond donors (Lipinski definition) is 1. The van der Waals surface area contributed by atoms with Crippen LogP contribution in [-0.4, -0.2) is 37.2 Å². The Labute approximate surface area is 109 Å². The molecule has 1 saturated heterocycles. The third kappa shape index (κ3) is 3.00. The molecule has 0 spiro atoms. The lowest BCUT2D eigenvalue weighted by Gasteiger charge is -2.17. The predicted octanol–water partition coefficient (Wildman–Crippen LogP) is 1.29. The molecule has 0 amide bonds. The molecular formula is C11H13BrO4S. The van der Waals surface area contributed by atoms with E-state index in [9.17, 15) is 13.5 Å². The molecule has 4 nitrogen and oxygen atoms in total. The van der Waals surface area contributed by atoms with Crippen molar-refractivity contribution in [1.29, 1.82) is 0 Å². The lowest BCUT2D eigenvalue weighted by atomic mass is 10.2. The zero-order chi connectivity index (χ0) is 12.6. The van der Waals surface area contributed by atoms with Crippen molar-refractivity contribution < 1.29 is 18.3 Å². The Morgan fingerprint density at radius 3 is 2.65 bits per heavy atom. The van der Waals surface area contributed by atoms with E-state index in [4.69, 9.17) is 4.74 Å². The number of rotatable bonds is 2. The minimum Gasteiger partial charge on any atom is -0.486 e. The highest BCUT2D eigenvalue weighted by Crippen LogP contribution is 2.26. The molecule has 0 aliphatic carbocycles. The van der Waals surface area contributed by atoms with Crippen molar-refractivity contribution in [1.82, 2.24) is 0 Å². The summed E-state index contributed by atoms with van der Waals surface area (Å²) in [6.45, 7) is 1.87. The number of halogens is 1. The molecule has 1 aromatic carbocycles. The van der Waals surface area contributed by atoms with Crippen molar-refractivity contribution in [2.24, 2.45) is 0 Å². The molecule has 94 valence electrons. The van der Waals surface area contributed by atoms with Gasteiger partial charge in [-0.15, -0.1) is 0 Å². The molecule has 0 saturated carbocycles. The first-order valence-corrected chi connectivity index (χ1v) is 7.80. The average molecular weight is 321 g/mol. The van der Waals surface area contributed by atoms with E-state index >= 15 is 0 Å². The van der Waals surface area contributed by atoms with Gasteiger partial charge in [-0.1, -0.05) is 15.9 Å². The monoisotopic (exact) mass is 320 g/mol. The fourth-order valence-corrected chi connectivity index (χ4v) is 3.95. The van der Waals surface area contributed by atoms with Gasteiger partial charge in [-0.25, -0.2) is 8.42 Å². The van der Waals surface area contributed by atoms with Gasteiger partial charge >= 0.3 is 0 Å². The third-order valence-electron chi connectivity index (χ3n) is 2.69. The summed E-state index contributed by atoms with van der Waals surface area (Å²) in [6.07, 6.45) is -1.61. The molecule has 0 bridgehead atoms. The standard InChI is InChI=1S/C11H13BrO4S/c1-7-4-8(12)2-3-10(7)16-11-6-17(14,15)5-9(11)13/h2-4,9,11,13H,5-6H2,1H3. The van der Waals surface area contributed by atoms with Crippen LogP contribution >= 0.6 is 15.9 Å². The van der Waals surface area contributed by atoms with E-state index in [2.05, 4.69) is 15.9 Å². The molecule has 1 aromatic rings. The lowest BCUT2D eigenvalue weighted by molar-refractivity contribution is 0.0733. The number of sulfone groups is 1. The Hall–Kier alpha value is -0.590. The van der Waals surface area contributed by atoms with Crippen LogP contribution in [-0.2, 0) is 9.84 Å². The van der Waals surface area contributed by atoms with Crippen molar-refractivity contribution in [3.05, 3.63) is 28.2 Å². The minimum atomic E-state index is -3.17. The number of hydrogen-bond acceptors (Lipinski definition) is 4. The fraction of sp³-hybridized carbons (Fsp3) is 0.455. The SMILES string of the molecule is Cc1cc(Br)ccc1OC1CS(=O)(=O)CC1O. The van der Waals surface area contributed by atoms with Crippen LogP contribution < -0.4 is 4.74 Å². The molecule has 1 fully saturated rings. The number of aliphatic hydroxyl groups excluding tert-OH is 1. The molecule has 0 aromatic heterocycles. The molecule has 1 N–H and O–H groups in total. The maximum Gasteiger partial charge on any atom is 0.156 e. The van der Waals surface area contributed by atoms with E-state index in [1.54, 1.807) is 6.07 Å². The normalized spacial score (nSPS) is 27.0. The number of benzene rings is 1. The smallest absolute Gasteiger partial charge is 0.156 e. The molecule has 2 rings (SSSR count). The van der Waals surface area contributed by atoms with Gasteiger partial charge in [-0.05, 0) is 30.7 Å². The molecule has 0 radical (unpaired) electrons. The van der Waals surface area contributed by atoms with Crippen LogP contribution in [0.15, 0.2) is 22.7 Å². The zero-order valence-electron chi connectivity index (χ0n) is 9.26. The Morgan fingerprint density at radius 2 is 2.12 bits per heavy atom. The minimum absolute atomic E-state index is 0.121.